The summed E-state index contributed by atoms with van der Waals surface area (Å²) in [4.78, 5) is 13.3. The minimum Gasteiger partial charge on any atom is -0.486 e. The zero-order chi connectivity index (χ0) is 14.1. The van der Waals surface area contributed by atoms with Crippen LogP contribution in [0.2, 0.25) is 0 Å². The molecule has 20 heavy (non-hydrogen) atoms. The number of hydrogen-bond donors (Lipinski definition) is 1. The van der Waals surface area contributed by atoms with E-state index in [0.29, 0.717) is 13.2 Å². The van der Waals surface area contributed by atoms with E-state index in [-0.39, 0.29) is 12.1 Å². The van der Waals surface area contributed by atoms with Crippen LogP contribution >= 0.6 is 0 Å². The van der Waals surface area contributed by atoms with Crippen molar-refractivity contribution in [3.8, 4) is 11.5 Å². The minimum atomic E-state index is -0.730. The van der Waals surface area contributed by atoms with Crippen molar-refractivity contribution in [2.75, 3.05) is 19.8 Å². The molecule has 2 aliphatic rings. The van der Waals surface area contributed by atoms with Crippen molar-refractivity contribution in [3.63, 3.8) is 0 Å². The van der Waals surface area contributed by atoms with Gasteiger partial charge in [0, 0.05) is 6.04 Å². The number of hydrogen-bond acceptors (Lipinski definition) is 4. The maximum Gasteiger partial charge on any atom is 0.320 e. The number of rotatable bonds is 3. The molecule has 1 N–H and O–H groups in total. The second kappa shape index (κ2) is 5.32. The molecule has 0 radical (unpaired) electrons. The molecule has 0 bridgehead atoms. The first kappa shape index (κ1) is 13.2. The maximum atomic E-state index is 11.3. The monoisotopic (exact) mass is 277 g/mol. The fourth-order valence-electron chi connectivity index (χ4n) is 3.03. The summed E-state index contributed by atoms with van der Waals surface area (Å²) >= 11 is 0. The average Bonchev–Trinajstić information content (AvgIpc) is 2.95. The van der Waals surface area contributed by atoms with Gasteiger partial charge in [0.2, 0.25) is 0 Å². The molecule has 0 saturated carbocycles. The molecule has 1 fully saturated rings. The molecule has 108 valence electrons. The van der Waals surface area contributed by atoms with E-state index >= 15 is 0 Å². The molecule has 1 aromatic carbocycles. The smallest absolute Gasteiger partial charge is 0.320 e. The van der Waals surface area contributed by atoms with Gasteiger partial charge in [0.1, 0.15) is 19.3 Å². The Hall–Kier alpha value is -1.75. The van der Waals surface area contributed by atoms with Gasteiger partial charge in [-0.3, -0.25) is 9.69 Å². The number of aliphatic carboxylic acids is 1. The fraction of sp³-hybridized carbons (Fsp3) is 0.533. The second-order valence-electron chi connectivity index (χ2n) is 5.31. The van der Waals surface area contributed by atoms with Crippen LogP contribution in [0.4, 0.5) is 0 Å². The largest absolute Gasteiger partial charge is 0.486 e. The highest BCUT2D eigenvalue weighted by molar-refractivity contribution is 5.73. The van der Waals surface area contributed by atoms with E-state index in [4.69, 9.17) is 9.47 Å². The number of benzene rings is 1. The van der Waals surface area contributed by atoms with Gasteiger partial charge in [0.05, 0.1) is 0 Å². The van der Waals surface area contributed by atoms with Gasteiger partial charge in [-0.2, -0.15) is 0 Å². The van der Waals surface area contributed by atoms with E-state index in [2.05, 4.69) is 0 Å². The Morgan fingerprint density at radius 1 is 1.35 bits per heavy atom. The lowest BCUT2D eigenvalue weighted by atomic mass is 10.0. The summed E-state index contributed by atoms with van der Waals surface area (Å²) in [6, 6.07) is 5.56. The lowest BCUT2D eigenvalue weighted by Gasteiger charge is -2.29. The van der Waals surface area contributed by atoms with E-state index in [1.165, 1.54) is 0 Å². The number of fused-ring (bicyclic) bond motifs is 1. The highest BCUT2D eigenvalue weighted by Gasteiger charge is 2.34. The van der Waals surface area contributed by atoms with Crippen LogP contribution in [-0.2, 0) is 4.79 Å². The topological polar surface area (TPSA) is 59.0 Å². The van der Waals surface area contributed by atoms with Crippen LogP contribution in [0.1, 0.15) is 31.4 Å². The Bertz CT molecular complexity index is 517. The summed E-state index contributed by atoms with van der Waals surface area (Å²) in [5, 5.41) is 9.29. The Labute approximate surface area is 118 Å². The highest BCUT2D eigenvalue weighted by atomic mass is 16.6. The molecule has 2 aliphatic heterocycles. The van der Waals surface area contributed by atoms with Crippen molar-refractivity contribution in [2.45, 2.75) is 31.8 Å². The van der Waals surface area contributed by atoms with Gasteiger partial charge in [-0.05, 0) is 44.0 Å². The average molecular weight is 277 g/mol. The molecular weight excluding hydrogens is 258 g/mol. The highest BCUT2D eigenvalue weighted by Crippen LogP contribution is 2.36. The van der Waals surface area contributed by atoms with Crippen LogP contribution < -0.4 is 9.47 Å². The van der Waals surface area contributed by atoms with Gasteiger partial charge >= 0.3 is 5.97 Å². The van der Waals surface area contributed by atoms with Gasteiger partial charge in [-0.25, -0.2) is 0 Å². The number of likely N-dealkylation sites (tertiary alicyclic amines) is 1. The van der Waals surface area contributed by atoms with Crippen LogP contribution in [0.15, 0.2) is 18.2 Å². The first-order chi connectivity index (χ1) is 9.66. The standard InChI is InChI=1S/C15H19NO4/c1-10(16-6-2-3-12(16)15(17)18)11-4-5-13-14(9-11)20-8-7-19-13/h4-5,9-10,12H,2-3,6-8H2,1H3,(H,17,18). The summed E-state index contributed by atoms with van der Waals surface area (Å²) in [5.74, 6) is 0.793. The molecule has 2 atom stereocenters. The van der Waals surface area contributed by atoms with Crippen LogP contribution in [0.5, 0.6) is 11.5 Å². The van der Waals surface area contributed by atoms with Gasteiger partial charge < -0.3 is 14.6 Å². The van der Waals surface area contributed by atoms with Gasteiger partial charge in [0.15, 0.2) is 11.5 Å². The van der Waals surface area contributed by atoms with Gasteiger partial charge in [0.25, 0.3) is 0 Å². The van der Waals surface area contributed by atoms with Gasteiger partial charge in [-0.15, -0.1) is 0 Å². The van der Waals surface area contributed by atoms with Crippen molar-refractivity contribution in [2.24, 2.45) is 0 Å². The molecule has 5 nitrogen and oxygen atoms in total. The summed E-state index contributed by atoms with van der Waals surface area (Å²) in [5.41, 5.74) is 1.07. The number of carboxylic acid groups (broad SMARTS) is 1. The molecule has 2 unspecified atom stereocenters. The van der Waals surface area contributed by atoms with Gasteiger partial charge in [-0.1, -0.05) is 6.07 Å². The molecule has 0 spiro atoms. The maximum absolute atomic E-state index is 11.3. The summed E-state index contributed by atoms with van der Waals surface area (Å²) in [7, 11) is 0. The Morgan fingerprint density at radius 3 is 2.85 bits per heavy atom. The van der Waals surface area contributed by atoms with Crippen molar-refractivity contribution in [1.82, 2.24) is 4.90 Å². The third kappa shape index (κ3) is 2.33. The lowest BCUT2D eigenvalue weighted by molar-refractivity contribution is -0.142. The summed E-state index contributed by atoms with van der Waals surface area (Å²) in [6.07, 6.45) is 1.66. The number of carboxylic acids is 1. The van der Waals surface area contributed by atoms with Crippen molar-refractivity contribution < 1.29 is 19.4 Å². The molecule has 2 heterocycles. The fourth-order valence-corrected chi connectivity index (χ4v) is 3.03. The lowest BCUT2D eigenvalue weighted by Crippen LogP contribution is -2.37. The first-order valence-corrected chi connectivity index (χ1v) is 7.05. The zero-order valence-corrected chi connectivity index (χ0v) is 11.5. The molecule has 1 aromatic rings. The SMILES string of the molecule is CC(c1ccc2c(c1)OCCO2)N1CCCC1C(=O)O. The second-order valence-corrected chi connectivity index (χ2v) is 5.31. The van der Waals surface area contributed by atoms with E-state index in [0.717, 1.165) is 36.4 Å². The van der Waals surface area contributed by atoms with Crippen LogP contribution in [0.3, 0.4) is 0 Å². The van der Waals surface area contributed by atoms with E-state index < -0.39 is 5.97 Å². The molecule has 3 rings (SSSR count). The first-order valence-electron chi connectivity index (χ1n) is 7.05. The molecule has 0 aromatic heterocycles. The summed E-state index contributed by atoms with van der Waals surface area (Å²) < 4.78 is 11.1. The molecule has 5 heteroatoms. The van der Waals surface area contributed by atoms with Crippen molar-refractivity contribution >= 4 is 5.97 Å². The molecule has 1 saturated heterocycles. The van der Waals surface area contributed by atoms with E-state index in [9.17, 15) is 9.90 Å². The number of carbonyl (C=O) groups is 1. The Morgan fingerprint density at radius 2 is 2.10 bits per heavy atom. The van der Waals surface area contributed by atoms with Crippen LogP contribution in [0, 0.1) is 0 Å². The molecule has 0 aliphatic carbocycles. The van der Waals surface area contributed by atoms with Crippen LogP contribution in [0.25, 0.3) is 0 Å². The quantitative estimate of drug-likeness (QED) is 0.916. The third-order valence-corrected chi connectivity index (χ3v) is 4.13. The number of nitrogens with zero attached hydrogens (tertiary/aromatic N) is 1. The Kier molecular flexibility index (Phi) is 3.53. The predicted molar refractivity (Wildman–Crippen MR) is 73.2 cm³/mol. The van der Waals surface area contributed by atoms with E-state index in [1.807, 2.05) is 30.0 Å². The van der Waals surface area contributed by atoms with Crippen LogP contribution in [-0.4, -0.2) is 41.8 Å². The van der Waals surface area contributed by atoms with Crippen molar-refractivity contribution in [1.29, 1.82) is 0 Å². The Balaban J connectivity index is 1.83. The normalized spacial score (nSPS) is 23.6. The predicted octanol–water partition coefficient (Wildman–Crippen LogP) is 2.07. The number of ether oxygens (including phenoxy) is 2. The molecular formula is C15H19NO4. The molecule has 0 amide bonds. The third-order valence-electron chi connectivity index (χ3n) is 4.13. The summed E-state index contributed by atoms with van der Waals surface area (Å²) in [6.45, 7) is 4.01. The van der Waals surface area contributed by atoms with Crippen molar-refractivity contribution in [3.05, 3.63) is 23.8 Å². The van der Waals surface area contributed by atoms with E-state index in [1.54, 1.807) is 0 Å². The zero-order valence-electron chi connectivity index (χ0n) is 11.5. The minimum absolute atomic E-state index is 0.0643.